The number of ether oxygens (including phenoxy) is 1. The number of fused-ring (bicyclic) bond motifs is 1. The zero-order chi connectivity index (χ0) is 20.6. The third kappa shape index (κ3) is 4.83. The van der Waals surface area contributed by atoms with Crippen LogP contribution in [0.4, 0.5) is 5.69 Å². The molecule has 0 amide bonds. The maximum absolute atomic E-state index is 13.5. The molecule has 0 bridgehead atoms. The highest BCUT2D eigenvalue weighted by Gasteiger charge is 2.15. The van der Waals surface area contributed by atoms with Crippen LogP contribution in [0.25, 0.3) is 16.6 Å². The normalized spacial score (nSPS) is 10.8. The molecular weight excluding hydrogens is 366 g/mol. The minimum atomic E-state index is -0.200. The third-order valence-electron chi connectivity index (χ3n) is 4.81. The number of carbonyl (C=O) groups excluding carboxylic acids is 1. The van der Waals surface area contributed by atoms with Gasteiger partial charge in [-0.25, -0.2) is 4.98 Å². The lowest BCUT2D eigenvalue weighted by Gasteiger charge is -2.15. The molecule has 6 nitrogen and oxygen atoms in total. The number of benzene rings is 2. The van der Waals surface area contributed by atoms with Crippen LogP contribution in [0, 0.1) is 0 Å². The van der Waals surface area contributed by atoms with E-state index < -0.39 is 0 Å². The molecule has 1 aromatic heterocycles. The van der Waals surface area contributed by atoms with Gasteiger partial charge >= 0.3 is 5.97 Å². The number of hydrogen-bond acceptors (Lipinski definition) is 5. The largest absolute Gasteiger partial charge is 0.469 e. The van der Waals surface area contributed by atoms with Crippen LogP contribution < -0.4 is 10.9 Å². The van der Waals surface area contributed by atoms with E-state index in [1.807, 2.05) is 48.5 Å². The first-order valence-corrected chi connectivity index (χ1v) is 10.1. The Labute approximate surface area is 170 Å². The lowest BCUT2D eigenvalue weighted by atomic mass is 10.1. The topological polar surface area (TPSA) is 73.2 Å². The Kier molecular flexibility index (Phi) is 7.00. The first kappa shape index (κ1) is 20.6. The van der Waals surface area contributed by atoms with Crippen molar-refractivity contribution in [2.45, 2.75) is 39.0 Å². The number of aromatic nitrogens is 2. The maximum atomic E-state index is 13.5. The van der Waals surface area contributed by atoms with Gasteiger partial charge in [0, 0.05) is 25.1 Å². The summed E-state index contributed by atoms with van der Waals surface area (Å²) in [5.41, 5.74) is 2.22. The Morgan fingerprint density at radius 2 is 1.90 bits per heavy atom. The first-order valence-electron chi connectivity index (χ1n) is 10.1. The fourth-order valence-electron chi connectivity index (χ4n) is 3.38. The van der Waals surface area contributed by atoms with Gasteiger partial charge in [0.15, 0.2) is 0 Å². The van der Waals surface area contributed by atoms with Gasteiger partial charge in [-0.05, 0) is 43.5 Å². The van der Waals surface area contributed by atoms with Crippen LogP contribution >= 0.6 is 0 Å². The SMILES string of the molecule is CCCc1nc2cccc(NCCCCC(=O)OC)c2c(=O)n1-c1ccccc1. The van der Waals surface area contributed by atoms with Crippen molar-refractivity contribution >= 4 is 22.6 Å². The number of para-hydroxylation sites is 1. The molecule has 0 saturated carbocycles. The van der Waals surface area contributed by atoms with E-state index in [2.05, 4.69) is 17.0 Å². The van der Waals surface area contributed by atoms with Gasteiger partial charge in [-0.1, -0.05) is 31.2 Å². The molecule has 2 aromatic carbocycles. The lowest BCUT2D eigenvalue weighted by molar-refractivity contribution is -0.140. The number of aryl methyl sites for hydroxylation is 1. The molecular formula is C23H27N3O3. The van der Waals surface area contributed by atoms with Crippen LogP contribution in [0.2, 0.25) is 0 Å². The highest BCUT2D eigenvalue weighted by Crippen LogP contribution is 2.21. The molecule has 0 spiro atoms. The standard InChI is InChI=1S/C23H27N3O3/c1-3-10-20-25-19-14-9-13-18(24-16-8-7-15-21(27)29-2)22(19)23(28)26(20)17-11-5-4-6-12-17/h4-6,9,11-14,24H,3,7-8,10,15-16H2,1-2H3. The molecule has 152 valence electrons. The summed E-state index contributed by atoms with van der Waals surface area (Å²) in [7, 11) is 1.40. The average molecular weight is 393 g/mol. The van der Waals surface area contributed by atoms with Crippen LogP contribution in [-0.2, 0) is 16.0 Å². The van der Waals surface area contributed by atoms with Crippen LogP contribution in [0.15, 0.2) is 53.3 Å². The minimum absolute atomic E-state index is 0.0673. The van der Waals surface area contributed by atoms with Crippen molar-refractivity contribution in [3.63, 3.8) is 0 Å². The number of hydrogen-bond donors (Lipinski definition) is 1. The molecule has 3 aromatic rings. The Bertz CT molecular complexity index is 1030. The van der Waals surface area contributed by atoms with Crippen molar-refractivity contribution in [3.05, 3.63) is 64.7 Å². The predicted octanol–water partition coefficient (Wildman–Crippen LogP) is 4.09. The summed E-state index contributed by atoms with van der Waals surface area (Å²) in [5.74, 6) is 0.569. The Hall–Kier alpha value is -3.15. The fraction of sp³-hybridized carbons (Fsp3) is 0.348. The molecule has 0 aliphatic carbocycles. The van der Waals surface area contributed by atoms with Gasteiger partial charge in [-0.2, -0.15) is 0 Å². The second-order valence-corrected chi connectivity index (χ2v) is 6.91. The lowest BCUT2D eigenvalue weighted by Crippen LogP contribution is -2.24. The molecule has 0 aliphatic rings. The van der Waals surface area contributed by atoms with E-state index in [0.29, 0.717) is 23.9 Å². The summed E-state index contributed by atoms with van der Waals surface area (Å²) in [5, 5.41) is 3.93. The summed E-state index contributed by atoms with van der Waals surface area (Å²) in [6.45, 7) is 2.75. The second-order valence-electron chi connectivity index (χ2n) is 6.91. The van der Waals surface area contributed by atoms with Gasteiger partial charge in [0.2, 0.25) is 0 Å². The van der Waals surface area contributed by atoms with E-state index >= 15 is 0 Å². The number of esters is 1. The number of nitrogens with zero attached hydrogens (tertiary/aromatic N) is 2. The smallest absolute Gasteiger partial charge is 0.305 e. The number of nitrogens with one attached hydrogen (secondary N) is 1. The van der Waals surface area contributed by atoms with Crippen molar-refractivity contribution in [2.24, 2.45) is 0 Å². The number of anilines is 1. The number of unbranched alkanes of at least 4 members (excludes halogenated alkanes) is 1. The van der Waals surface area contributed by atoms with Gasteiger partial charge < -0.3 is 10.1 Å². The van der Waals surface area contributed by atoms with Crippen molar-refractivity contribution in [1.82, 2.24) is 9.55 Å². The molecule has 1 N–H and O–H groups in total. The first-order chi connectivity index (χ1) is 14.2. The van der Waals surface area contributed by atoms with Crippen LogP contribution in [0.3, 0.4) is 0 Å². The monoisotopic (exact) mass is 393 g/mol. The van der Waals surface area contributed by atoms with E-state index in [1.54, 1.807) is 4.57 Å². The molecule has 3 rings (SSSR count). The predicted molar refractivity (Wildman–Crippen MR) is 116 cm³/mol. The van der Waals surface area contributed by atoms with E-state index in [9.17, 15) is 9.59 Å². The molecule has 0 fully saturated rings. The molecule has 29 heavy (non-hydrogen) atoms. The van der Waals surface area contributed by atoms with Crippen LogP contribution in [0.1, 0.15) is 38.4 Å². The van der Waals surface area contributed by atoms with Gasteiger partial charge in [0.05, 0.1) is 23.7 Å². The van der Waals surface area contributed by atoms with Crippen molar-refractivity contribution < 1.29 is 9.53 Å². The summed E-state index contributed by atoms with van der Waals surface area (Å²) in [4.78, 5) is 29.5. The Balaban J connectivity index is 1.94. The molecule has 0 radical (unpaired) electrons. The zero-order valence-corrected chi connectivity index (χ0v) is 17.0. The number of rotatable bonds is 9. The van der Waals surface area contributed by atoms with Crippen molar-refractivity contribution in [2.75, 3.05) is 19.0 Å². The van der Waals surface area contributed by atoms with Gasteiger partial charge in [-0.15, -0.1) is 0 Å². The van der Waals surface area contributed by atoms with Crippen molar-refractivity contribution in [3.8, 4) is 5.69 Å². The highest BCUT2D eigenvalue weighted by atomic mass is 16.5. The van der Waals surface area contributed by atoms with E-state index in [4.69, 9.17) is 4.98 Å². The molecule has 0 atom stereocenters. The molecule has 1 heterocycles. The van der Waals surface area contributed by atoms with Crippen LogP contribution in [-0.4, -0.2) is 29.2 Å². The molecule has 6 heteroatoms. The van der Waals surface area contributed by atoms with Gasteiger partial charge in [0.25, 0.3) is 5.56 Å². The highest BCUT2D eigenvalue weighted by molar-refractivity contribution is 5.90. The number of carbonyl (C=O) groups is 1. The Morgan fingerprint density at radius 1 is 1.10 bits per heavy atom. The number of methoxy groups -OCH3 is 1. The zero-order valence-electron chi connectivity index (χ0n) is 17.0. The van der Waals surface area contributed by atoms with E-state index in [-0.39, 0.29) is 11.5 Å². The summed E-state index contributed by atoms with van der Waals surface area (Å²) < 4.78 is 6.38. The van der Waals surface area contributed by atoms with Gasteiger partial charge in [-0.3, -0.25) is 14.2 Å². The maximum Gasteiger partial charge on any atom is 0.305 e. The van der Waals surface area contributed by atoms with E-state index in [0.717, 1.165) is 42.9 Å². The molecule has 0 aliphatic heterocycles. The second kappa shape index (κ2) is 9.87. The minimum Gasteiger partial charge on any atom is -0.469 e. The summed E-state index contributed by atoms with van der Waals surface area (Å²) >= 11 is 0. The third-order valence-corrected chi connectivity index (χ3v) is 4.81. The van der Waals surface area contributed by atoms with E-state index in [1.165, 1.54) is 7.11 Å². The van der Waals surface area contributed by atoms with Crippen LogP contribution in [0.5, 0.6) is 0 Å². The van der Waals surface area contributed by atoms with Crippen molar-refractivity contribution in [1.29, 1.82) is 0 Å². The fourth-order valence-corrected chi connectivity index (χ4v) is 3.38. The average Bonchev–Trinajstić information content (AvgIpc) is 2.74. The Morgan fingerprint density at radius 3 is 2.62 bits per heavy atom. The summed E-state index contributed by atoms with van der Waals surface area (Å²) in [6, 6.07) is 15.3. The summed E-state index contributed by atoms with van der Waals surface area (Å²) in [6.07, 6.45) is 3.57. The molecule has 0 saturated heterocycles. The quantitative estimate of drug-likeness (QED) is 0.438. The van der Waals surface area contributed by atoms with Gasteiger partial charge in [0.1, 0.15) is 5.82 Å². The molecule has 0 unspecified atom stereocenters.